The van der Waals surface area contributed by atoms with Crippen LogP contribution in [0.2, 0.25) is 18.1 Å². The van der Waals surface area contributed by atoms with Gasteiger partial charge in [-0.2, -0.15) is 5.06 Å². The highest BCUT2D eigenvalue weighted by Gasteiger charge is 2.51. The van der Waals surface area contributed by atoms with E-state index in [-0.39, 0.29) is 23.7 Å². The minimum atomic E-state index is -2.14. The second-order valence-electron chi connectivity index (χ2n) is 14.2. The molecule has 3 N–H and O–H groups in total. The fourth-order valence-electron chi connectivity index (χ4n) is 5.92. The first-order chi connectivity index (χ1) is 22.4. The summed E-state index contributed by atoms with van der Waals surface area (Å²) in [6.45, 7) is 15.8. The molecular formula is C39H49N3O4Si. The van der Waals surface area contributed by atoms with Crippen molar-refractivity contribution in [1.29, 1.82) is 0 Å². The molecule has 1 amide bonds. The number of aromatic amines is 1. The molecule has 47 heavy (non-hydrogen) atoms. The number of nitrogens with one attached hydrogen (secondary N) is 2. The number of para-hydroxylation sites is 1. The fraction of sp³-hybridized carbons (Fsp3) is 0.410. The van der Waals surface area contributed by atoms with E-state index in [0.29, 0.717) is 19.5 Å². The van der Waals surface area contributed by atoms with E-state index < -0.39 is 26.4 Å². The molecule has 0 spiro atoms. The SMILES string of the molecule is Cc1ccc(C#Cc2ccc(CN3O[C@@H]([C@H](C)O[Si](C)(C)C(C)(C)C)[C@@H](CO)[C@H]3C(=O)NCCc3c[nH]c4ccccc34)cc2)cc1. The van der Waals surface area contributed by atoms with E-state index in [1.807, 2.05) is 67.7 Å². The maximum atomic E-state index is 13.9. The molecule has 0 radical (unpaired) electrons. The number of hydrogen-bond acceptors (Lipinski definition) is 5. The van der Waals surface area contributed by atoms with E-state index in [2.05, 4.69) is 81.1 Å². The lowest BCUT2D eigenvalue weighted by atomic mass is 9.92. The lowest BCUT2D eigenvalue weighted by Crippen LogP contribution is -2.50. The Hall–Kier alpha value is -3.71. The zero-order valence-electron chi connectivity index (χ0n) is 28.8. The molecule has 2 heterocycles. The monoisotopic (exact) mass is 651 g/mol. The van der Waals surface area contributed by atoms with E-state index >= 15 is 0 Å². The van der Waals surface area contributed by atoms with E-state index in [1.54, 1.807) is 5.06 Å². The van der Waals surface area contributed by atoms with E-state index in [4.69, 9.17) is 9.26 Å². The van der Waals surface area contributed by atoms with Gasteiger partial charge in [0.1, 0.15) is 12.1 Å². The number of aromatic nitrogens is 1. The molecule has 0 unspecified atom stereocenters. The van der Waals surface area contributed by atoms with Gasteiger partial charge in [0, 0.05) is 40.7 Å². The van der Waals surface area contributed by atoms with Crippen LogP contribution in [-0.2, 0) is 27.0 Å². The molecule has 5 rings (SSSR count). The summed E-state index contributed by atoms with van der Waals surface area (Å²) in [5.41, 5.74) is 6.30. The zero-order chi connectivity index (χ0) is 33.8. The number of nitrogens with zero attached hydrogens (tertiary/aromatic N) is 1. The summed E-state index contributed by atoms with van der Waals surface area (Å²) in [5.74, 6) is 5.85. The standard InChI is InChI=1S/C39H49N3O4Si/c1-27-12-14-29(15-13-27)16-17-30-18-20-31(21-19-30)25-42-36(34(26-43)37(45-42)28(2)46-47(6,7)39(3,4)5)38(44)40-23-22-32-24-41-35-11-9-8-10-33(32)35/h8-15,18-21,24,28,34,36-37,41,43H,22-23,25-26H2,1-7H3,(H,40,44)/t28-,34-,36-,37-/m0/s1. The molecule has 248 valence electrons. The highest BCUT2D eigenvalue weighted by molar-refractivity contribution is 6.74. The van der Waals surface area contributed by atoms with Crippen molar-refractivity contribution in [3.63, 3.8) is 0 Å². The zero-order valence-corrected chi connectivity index (χ0v) is 29.8. The third kappa shape index (κ3) is 8.24. The first kappa shape index (κ1) is 34.6. The predicted octanol–water partition coefficient (Wildman–Crippen LogP) is 6.74. The molecule has 7 nitrogen and oxygen atoms in total. The number of H-pyrrole nitrogens is 1. The van der Waals surface area contributed by atoms with Crippen molar-refractivity contribution in [3.05, 3.63) is 107 Å². The molecule has 3 aromatic carbocycles. The summed E-state index contributed by atoms with van der Waals surface area (Å²) in [6, 6.07) is 23.7. The van der Waals surface area contributed by atoms with Crippen molar-refractivity contribution in [2.45, 2.75) is 84.0 Å². The van der Waals surface area contributed by atoms with Crippen LogP contribution >= 0.6 is 0 Å². The number of carbonyl (C=O) groups is 1. The Balaban J connectivity index is 1.33. The number of carbonyl (C=O) groups excluding carboxylic acids is 1. The summed E-state index contributed by atoms with van der Waals surface area (Å²) >= 11 is 0. The molecule has 0 saturated carbocycles. The second kappa shape index (κ2) is 14.6. The van der Waals surface area contributed by atoms with Crippen LogP contribution in [0.4, 0.5) is 0 Å². The van der Waals surface area contributed by atoms with Crippen LogP contribution in [0.1, 0.15) is 55.5 Å². The van der Waals surface area contributed by atoms with Crippen molar-refractivity contribution >= 4 is 25.1 Å². The van der Waals surface area contributed by atoms with Crippen LogP contribution in [0.3, 0.4) is 0 Å². The lowest BCUT2D eigenvalue weighted by Gasteiger charge is -2.40. The van der Waals surface area contributed by atoms with Gasteiger partial charge < -0.3 is 19.8 Å². The van der Waals surface area contributed by atoms with E-state index in [1.165, 1.54) is 5.56 Å². The van der Waals surface area contributed by atoms with Gasteiger partial charge in [-0.1, -0.05) is 80.6 Å². The average Bonchev–Trinajstić information content (AvgIpc) is 3.62. The largest absolute Gasteiger partial charge is 0.411 e. The van der Waals surface area contributed by atoms with Crippen LogP contribution < -0.4 is 5.32 Å². The Morgan fingerprint density at radius 3 is 2.32 bits per heavy atom. The number of aryl methyl sites for hydroxylation is 1. The predicted molar refractivity (Wildman–Crippen MR) is 191 cm³/mol. The van der Waals surface area contributed by atoms with Gasteiger partial charge in [-0.25, -0.2) is 0 Å². The van der Waals surface area contributed by atoms with Crippen molar-refractivity contribution in [1.82, 2.24) is 15.4 Å². The van der Waals surface area contributed by atoms with Gasteiger partial charge in [0.05, 0.1) is 19.3 Å². The van der Waals surface area contributed by atoms with Crippen LogP contribution in [0, 0.1) is 24.7 Å². The van der Waals surface area contributed by atoms with Crippen molar-refractivity contribution in [2.75, 3.05) is 13.2 Å². The molecule has 0 bridgehead atoms. The fourth-order valence-corrected chi connectivity index (χ4v) is 7.34. The topological polar surface area (TPSA) is 86.8 Å². The van der Waals surface area contributed by atoms with E-state index in [9.17, 15) is 9.90 Å². The molecule has 4 aromatic rings. The number of rotatable bonds is 10. The first-order valence-electron chi connectivity index (χ1n) is 16.6. The number of benzene rings is 3. The molecule has 4 atom stereocenters. The summed E-state index contributed by atoms with van der Waals surface area (Å²) in [5, 5.41) is 16.8. The molecule has 1 saturated heterocycles. The average molecular weight is 652 g/mol. The minimum absolute atomic E-state index is 0.0114. The number of hydrogen-bond donors (Lipinski definition) is 3. The molecular weight excluding hydrogens is 603 g/mol. The quantitative estimate of drug-likeness (QED) is 0.131. The number of amides is 1. The first-order valence-corrected chi connectivity index (χ1v) is 19.5. The molecule has 1 aromatic heterocycles. The molecule has 1 aliphatic rings. The number of fused-ring (bicyclic) bond motifs is 1. The maximum absolute atomic E-state index is 13.9. The van der Waals surface area contributed by atoms with Crippen molar-refractivity contribution < 1.29 is 19.2 Å². The third-order valence-electron chi connectivity index (χ3n) is 9.69. The molecule has 1 fully saturated rings. The van der Waals surface area contributed by atoms with Crippen molar-refractivity contribution in [2.24, 2.45) is 5.92 Å². The Bertz CT molecular complexity index is 1710. The van der Waals surface area contributed by atoms with Gasteiger partial charge in [0.2, 0.25) is 5.91 Å². The Labute approximate surface area is 280 Å². The van der Waals surface area contributed by atoms with E-state index in [0.717, 1.165) is 33.2 Å². The Kier molecular flexibility index (Phi) is 10.7. The Morgan fingerprint density at radius 1 is 1.04 bits per heavy atom. The van der Waals surface area contributed by atoms with Gasteiger partial charge in [-0.3, -0.25) is 9.63 Å². The minimum Gasteiger partial charge on any atom is -0.411 e. The third-order valence-corrected chi connectivity index (χ3v) is 14.3. The lowest BCUT2D eigenvalue weighted by molar-refractivity contribution is -0.190. The van der Waals surface area contributed by atoms with Gasteiger partial charge in [0.25, 0.3) is 0 Å². The van der Waals surface area contributed by atoms with Crippen LogP contribution in [0.5, 0.6) is 0 Å². The molecule has 1 aliphatic heterocycles. The smallest absolute Gasteiger partial charge is 0.240 e. The summed E-state index contributed by atoms with van der Waals surface area (Å²) < 4.78 is 6.73. The molecule has 8 heteroatoms. The van der Waals surface area contributed by atoms with Gasteiger partial charge in [-0.05, 0) is 79.9 Å². The van der Waals surface area contributed by atoms with Gasteiger partial charge >= 0.3 is 0 Å². The highest BCUT2D eigenvalue weighted by Crippen LogP contribution is 2.40. The van der Waals surface area contributed by atoms with Gasteiger partial charge in [0.15, 0.2) is 8.32 Å². The number of aliphatic hydroxyl groups excluding tert-OH is 1. The Morgan fingerprint density at radius 2 is 1.68 bits per heavy atom. The van der Waals surface area contributed by atoms with Crippen LogP contribution in [-0.4, -0.2) is 60.8 Å². The number of aliphatic hydroxyl groups is 1. The van der Waals surface area contributed by atoms with Crippen LogP contribution in [0.25, 0.3) is 10.9 Å². The van der Waals surface area contributed by atoms with Crippen LogP contribution in [0.15, 0.2) is 79.0 Å². The normalized spacial score (nSPS) is 19.4. The van der Waals surface area contributed by atoms with Crippen molar-refractivity contribution in [3.8, 4) is 11.8 Å². The molecule has 0 aliphatic carbocycles. The highest BCUT2D eigenvalue weighted by atomic mass is 28.4. The maximum Gasteiger partial charge on any atom is 0.240 e. The summed E-state index contributed by atoms with van der Waals surface area (Å²) in [4.78, 5) is 23.8. The number of hydroxylamine groups is 2. The summed E-state index contributed by atoms with van der Waals surface area (Å²) in [7, 11) is -2.14. The van der Waals surface area contributed by atoms with Gasteiger partial charge in [-0.15, -0.1) is 0 Å². The second-order valence-corrected chi connectivity index (χ2v) is 19.0. The summed E-state index contributed by atoms with van der Waals surface area (Å²) in [6.07, 6.45) is 1.91.